The topological polar surface area (TPSA) is 41.6 Å². The summed E-state index contributed by atoms with van der Waals surface area (Å²) in [6.45, 7) is 9.89. The van der Waals surface area contributed by atoms with Gasteiger partial charge in [0.05, 0.1) is 18.2 Å². The highest BCUT2D eigenvalue weighted by atomic mass is 16.5. The molecule has 2 aliphatic heterocycles. The number of rotatable bonds is 5. The molecule has 1 aromatic carbocycles. The summed E-state index contributed by atoms with van der Waals surface area (Å²) in [7, 11) is 0. The molecule has 25 heavy (non-hydrogen) atoms. The minimum atomic E-state index is -0.0164. The molecule has 0 aliphatic carbocycles. The first-order valence-electron chi connectivity index (χ1n) is 9.74. The smallest absolute Gasteiger partial charge is 0.222 e. The second kappa shape index (κ2) is 7.88. The Morgan fingerprint density at radius 3 is 2.48 bits per heavy atom. The predicted molar refractivity (Wildman–Crippen MR) is 100 cm³/mol. The van der Waals surface area contributed by atoms with Gasteiger partial charge in [-0.15, -0.1) is 0 Å². The van der Waals surface area contributed by atoms with E-state index in [1.54, 1.807) is 0 Å². The highest BCUT2D eigenvalue weighted by molar-refractivity contribution is 5.78. The zero-order valence-corrected chi connectivity index (χ0v) is 15.9. The Morgan fingerprint density at radius 2 is 1.88 bits per heavy atom. The number of likely N-dealkylation sites (tertiary alicyclic amines) is 1. The number of piperidine rings is 1. The monoisotopic (exact) mass is 344 g/mol. The second-order valence-electron chi connectivity index (χ2n) is 8.00. The SMILES string of the molecule is CCc1ccc(CN2CCC3(CC2)CC(NC(=O)C(C)C)CO3)cc1. The Labute approximate surface area is 151 Å². The van der Waals surface area contributed by atoms with Crippen molar-refractivity contribution in [3.05, 3.63) is 35.4 Å². The van der Waals surface area contributed by atoms with E-state index in [2.05, 4.69) is 41.4 Å². The lowest BCUT2D eigenvalue weighted by molar-refractivity contribution is -0.124. The summed E-state index contributed by atoms with van der Waals surface area (Å²) in [5, 5.41) is 3.13. The van der Waals surface area contributed by atoms with Crippen LogP contribution in [0.4, 0.5) is 0 Å². The third-order valence-corrected chi connectivity index (χ3v) is 5.68. The van der Waals surface area contributed by atoms with Gasteiger partial charge in [-0.3, -0.25) is 9.69 Å². The number of nitrogens with zero attached hydrogens (tertiary/aromatic N) is 1. The highest BCUT2D eigenvalue weighted by Gasteiger charge is 2.43. The molecular formula is C21H32N2O2. The number of hydrogen-bond donors (Lipinski definition) is 1. The molecule has 2 heterocycles. The van der Waals surface area contributed by atoms with Crippen LogP contribution in [0.1, 0.15) is 51.2 Å². The van der Waals surface area contributed by atoms with E-state index < -0.39 is 0 Å². The van der Waals surface area contributed by atoms with Gasteiger partial charge in [-0.2, -0.15) is 0 Å². The number of benzene rings is 1. The number of hydrogen-bond acceptors (Lipinski definition) is 3. The summed E-state index contributed by atoms with van der Waals surface area (Å²) in [5.41, 5.74) is 2.77. The molecule has 0 saturated carbocycles. The van der Waals surface area contributed by atoms with Crippen LogP contribution in [0.15, 0.2) is 24.3 Å². The van der Waals surface area contributed by atoms with Crippen LogP contribution in [0.25, 0.3) is 0 Å². The molecule has 0 radical (unpaired) electrons. The van der Waals surface area contributed by atoms with E-state index in [9.17, 15) is 4.79 Å². The summed E-state index contributed by atoms with van der Waals surface area (Å²) in [4.78, 5) is 14.4. The molecule has 1 amide bonds. The van der Waals surface area contributed by atoms with Gasteiger partial charge < -0.3 is 10.1 Å². The van der Waals surface area contributed by atoms with Crippen LogP contribution >= 0.6 is 0 Å². The number of ether oxygens (including phenoxy) is 1. The van der Waals surface area contributed by atoms with Gasteiger partial charge in [-0.05, 0) is 36.8 Å². The fraction of sp³-hybridized carbons (Fsp3) is 0.667. The summed E-state index contributed by atoms with van der Waals surface area (Å²) >= 11 is 0. The van der Waals surface area contributed by atoms with Crippen molar-refractivity contribution in [3.63, 3.8) is 0 Å². The Bertz CT molecular complexity index is 574. The first-order valence-corrected chi connectivity index (χ1v) is 9.74. The Balaban J connectivity index is 1.47. The van der Waals surface area contributed by atoms with Crippen molar-refractivity contribution in [3.8, 4) is 0 Å². The van der Waals surface area contributed by atoms with Crippen LogP contribution in [-0.4, -0.2) is 42.1 Å². The molecule has 138 valence electrons. The zero-order chi connectivity index (χ0) is 17.9. The maximum Gasteiger partial charge on any atom is 0.222 e. The third-order valence-electron chi connectivity index (χ3n) is 5.68. The summed E-state index contributed by atoms with van der Waals surface area (Å²) in [6.07, 6.45) is 4.19. The first-order chi connectivity index (χ1) is 12.0. The third kappa shape index (κ3) is 4.62. The predicted octanol–water partition coefficient (Wildman–Crippen LogP) is 3.14. The van der Waals surface area contributed by atoms with Gasteiger partial charge in [-0.1, -0.05) is 45.0 Å². The minimum Gasteiger partial charge on any atom is -0.373 e. The Hall–Kier alpha value is -1.39. The van der Waals surface area contributed by atoms with Crippen molar-refractivity contribution >= 4 is 5.91 Å². The average Bonchev–Trinajstić information content (AvgIpc) is 3.00. The van der Waals surface area contributed by atoms with E-state index in [-0.39, 0.29) is 23.5 Å². The Morgan fingerprint density at radius 1 is 1.24 bits per heavy atom. The molecule has 2 fully saturated rings. The molecule has 1 atom stereocenters. The Kier molecular flexibility index (Phi) is 5.80. The van der Waals surface area contributed by atoms with Crippen LogP contribution in [0.5, 0.6) is 0 Å². The standard InChI is InChI=1S/C21H32N2O2/c1-4-17-5-7-18(8-6-17)14-23-11-9-21(10-12-23)13-19(15-25-21)22-20(24)16(2)3/h5-8,16,19H,4,9-15H2,1-3H3,(H,22,24). The molecule has 0 aromatic heterocycles. The van der Waals surface area contributed by atoms with Crippen LogP contribution in [0.2, 0.25) is 0 Å². The molecule has 1 aromatic rings. The van der Waals surface area contributed by atoms with Crippen LogP contribution in [-0.2, 0) is 22.5 Å². The number of carbonyl (C=O) groups excluding carboxylic acids is 1. The van der Waals surface area contributed by atoms with Gasteiger partial charge >= 0.3 is 0 Å². The van der Waals surface area contributed by atoms with Crippen LogP contribution in [0, 0.1) is 5.92 Å². The molecule has 2 saturated heterocycles. The first kappa shape index (κ1) is 18.4. The van der Waals surface area contributed by atoms with Crippen molar-refractivity contribution in [2.75, 3.05) is 19.7 Å². The van der Waals surface area contributed by atoms with Gasteiger partial charge in [0.15, 0.2) is 0 Å². The van der Waals surface area contributed by atoms with Crippen LogP contribution < -0.4 is 5.32 Å². The maximum absolute atomic E-state index is 11.9. The van der Waals surface area contributed by atoms with Crippen molar-refractivity contribution in [2.45, 2.75) is 64.6 Å². The molecule has 1 unspecified atom stereocenters. The summed E-state index contributed by atoms with van der Waals surface area (Å²) in [5.74, 6) is 0.177. The van der Waals surface area contributed by atoms with Gasteiger partial charge in [0.1, 0.15) is 0 Å². The van der Waals surface area contributed by atoms with E-state index in [0.717, 1.165) is 45.3 Å². The lowest BCUT2D eigenvalue weighted by Crippen LogP contribution is -2.45. The van der Waals surface area contributed by atoms with Crippen molar-refractivity contribution in [1.29, 1.82) is 0 Å². The molecule has 4 nitrogen and oxygen atoms in total. The number of aryl methyl sites for hydroxylation is 1. The normalized spacial score (nSPS) is 23.3. The molecule has 1 N–H and O–H groups in total. The van der Waals surface area contributed by atoms with E-state index in [1.165, 1.54) is 11.1 Å². The quantitative estimate of drug-likeness (QED) is 0.892. The summed E-state index contributed by atoms with van der Waals surface area (Å²) < 4.78 is 6.16. The average molecular weight is 344 g/mol. The van der Waals surface area contributed by atoms with Gasteiger partial charge in [0.2, 0.25) is 5.91 Å². The zero-order valence-electron chi connectivity index (χ0n) is 15.9. The van der Waals surface area contributed by atoms with Gasteiger partial charge in [0.25, 0.3) is 0 Å². The molecule has 3 rings (SSSR count). The van der Waals surface area contributed by atoms with Crippen molar-refractivity contribution in [1.82, 2.24) is 10.2 Å². The van der Waals surface area contributed by atoms with Gasteiger partial charge in [0, 0.05) is 25.6 Å². The molecule has 4 heteroatoms. The minimum absolute atomic E-state index is 0.0164. The largest absolute Gasteiger partial charge is 0.373 e. The lowest BCUT2D eigenvalue weighted by Gasteiger charge is -2.38. The second-order valence-corrected chi connectivity index (χ2v) is 8.00. The van der Waals surface area contributed by atoms with E-state index in [4.69, 9.17) is 4.74 Å². The van der Waals surface area contributed by atoms with Crippen molar-refractivity contribution < 1.29 is 9.53 Å². The maximum atomic E-state index is 11.9. The summed E-state index contributed by atoms with van der Waals surface area (Å²) in [6, 6.07) is 9.17. The van der Waals surface area contributed by atoms with Crippen molar-refractivity contribution in [2.24, 2.45) is 5.92 Å². The van der Waals surface area contributed by atoms with Gasteiger partial charge in [-0.25, -0.2) is 0 Å². The fourth-order valence-electron chi connectivity index (χ4n) is 3.91. The lowest BCUT2D eigenvalue weighted by atomic mass is 9.87. The van der Waals surface area contributed by atoms with E-state index in [0.29, 0.717) is 6.61 Å². The van der Waals surface area contributed by atoms with E-state index >= 15 is 0 Å². The fourth-order valence-corrected chi connectivity index (χ4v) is 3.91. The highest BCUT2D eigenvalue weighted by Crippen LogP contribution is 2.36. The molecule has 0 bridgehead atoms. The molecular weight excluding hydrogens is 312 g/mol. The number of amides is 1. The number of carbonyl (C=O) groups is 1. The van der Waals surface area contributed by atoms with E-state index in [1.807, 2.05) is 13.8 Å². The molecule has 2 aliphatic rings. The molecule has 1 spiro atoms. The van der Waals surface area contributed by atoms with Crippen LogP contribution in [0.3, 0.4) is 0 Å². The number of nitrogens with one attached hydrogen (secondary N) is 1.